The van der Waals surface area contributed by atoms with Crippen LogP contribution in [0, 0.1) is 11.8 Å². The fraction of sp³-hybridized carbons (Fsp3) is 0.808. The number of rotatable bonds is 6. The first-order valence-electron chi connectivity index (χ1n) is 13.0. The van der Waals surface area contributed by atoms with Crippen molar-refractivity contribution in [3.8, 4) is 0 Å². The van der Waals surface area contributed by atoms with E-state index in [9.17, 15) is 4.79 Å². The molecule has 1 saturated carbocycles. The summed E-state index contributed by atoms with van der Waals surface area (Å²) in [4.78, 5) is 29.7. The Morgan fingerprint density at radius 2 is 1.50 bits per heavy atom. The molecule has 4 aliphatic rings. The topological polar surface area (TPSA) is 52.6 Å². The number of nitrogens with zero attached hydrogens (tertiary/aromatic N) is 5. The lowest BCUT2D eigenvalue weighted by molar-refractivity contribution is -0.130. The summed E-state index contributed by atoms with van der Waals surface area (Å²) < 4.78 is 0. The van der Waals surface area contributed by atoms with E-state index in [1.54, 1.807) is 0 Å². The summed E-state index contributed by atoms with van der Waals surface area (Å²) in [6.45, 7) is 13.2. The zero-order chi connectivity index (χ0) is 22.4. The number of carbonyl (C=O) groups is 1. The van der Waals surface area contributed by atoms with E-state index in [1.807, 2.05) is 13.8 Å². The highest BCUT2D eigenvalue weighted by atomic mass is 16.1. The van der Waals surface area contributed by atoms with Crippen molar-refractivity contribution < 1.29 is 4.79 Å². The van der Waals surface area contributed by atoms with Crippen molar-refractivity contribution in [2.75, 3.05) is 31.1 Å². The number of carbonyl (C=O) groups excluding carboxylic acids is 1. The van der Waals surface area contributed by atoms with E-state index in [4.69, 9.17) is 9.97 Å². The van der Waals surface area contributed by atoms with Crippen LogP contribution in [0.1, 0.15) is 77.7 Å². The number of hydrogen-bond acceptors (Lipinski definition) is 6. The minimum absolute atomic E-state index is 0.184. The van der Waals surface area contributed by atoms with E-state index < -0.39 is 0 Å². The number of hydrogen-bond donors (Lipinski definition) is 0. The van der Waals surface area contributed by atoms with Crippen LogP contribution < -0.4 is 4.90 Å². The highest BCUT2D eigenvalue weighted by Gasteiger charge is 2.42. The quantitative estimate of drug-likeness (QED) is 0.673. The van der Waals surface area contributed by atoms with Crippen molar-refractivity contribution in [2.24, 2.45) is 11.8 Å². The van der Waals surface area contributed by atoms with Gasteiger partial charge in [0, 0.05) is 61.5 Å². The molecule has 2 bridgehead atoms. The van der Waals surface area contributed by atoms with Crippen molar-refractivity contribution in [1.29, 1.82) is 0 Å². The third kappa shape index (κ3) is 4.21. The predicted molar refractivity (Wildman–Crippen MR) is 128 cm³/mol. The molecule has 0 aromatic carbocycles. The van der Waals surface area contributed by atoms with Crippen molar-refractivity contribution in [3.05, 3.63) is 18.0 Å². The van der Waals surface area contributed by atoms with Crippen LogP contribution in [0.25, 0.3) is 0 Å². The van der Waals surface area contributed by atoms with Crippen molar-refractivity contribution >= 4 is 11.7 Å². The SMILES string of the molecule is CC(C)C(=O)[C@H]1C[C@H](N2CCC(c3cnc(N4C5CCC4CN(C(C)C)C5)nc3)CC2)C1. The summed E-state index contributed by atoms with van der Waals surface area (Å²) in [6.07, 6.45) is 11.3. The van der Waals surface area contributed by atoms with Crippen LogP contribution in [-0.4, -0.2) is 75.9 Å². The standard InChI is InChI=1S/C26H41N5O/c1-17(2)25(32)20-11-24(12-20)29-9-7-19(8-10-29)21-13-27-26(28-14-21)31-22-5-6-23(31)16-30(15-22)18(3)4/h13-14,17-20,22-24H,5-12,15-16H2,1-4H3/t20-,22?,23?,24-. The molecule has 3 aliphatic heterocycles. The van der Waals surface area contributed by atoms with E-state index >= 15 is 0 Å². The summed E-state index contributed by atoms with van der Waals surface area (Å²) in [6, 6.07) is 2.39. The Balaban J connectivity index is 1.13. The van der Waals surface area contributed by atoms with Crippen molar-refractivity contribution in [1.82, 2.24) is 19.8 Å². The fourth-order valence-corrected chi connectivity index (χ4v) is 6.55. The van der Waals surface area contributed by atoms with Crippen molar-refractivity contribution in [3.63, 3.8) is 0 Å². The number of aromatic nitrogens is 2. The highest BCUT2D eigenvalue weighted by Crippen LogP contribution is 2.38. The number of piperazine rings is 1. The van der Waals surface area contributed by atoms with Gasteiger partial charge in [0.2, 0.25) is 5.95 Å². The normalized spacial score (nSPS) is 32.0. The summed E-state index contributed by atoms with van der Waals surface area (Å²) in [5.74, 6) is 2.48. The highest BCUT2D eigenvalue weighted by molar-refractivity contribution is 5.83. The Labute approximate surface area is 193 Å². The average Bonchev–Trinajstić information content (AvgIpc) is 3.02. The molecule has 0 amide bonds. The molecule has 6 heteroatoms. The largest absolute Gasteiger partial charge is 0.332 e. The van der Waals surface area contributed by atoms with Gasteiger partial charge in [-0.1, -0.05) is 13.8 Å². The number of piperidine rings is 1. The van der Waals surface area contributed by atoms with E-state index in [2.05, 4.69) is 40.9 Å². The molecule has 1 aromatic rings. The molecule has 2 unspecified atom stereocenters. The monoisotopic (exact) mass is 439 g/mol. The number of Topliss-reactive ketones (excluding diaryl/α,β-unsaturated/α-hetero) is 1. The maximum atomic E-state index is 12.2. The van der Waals surface area contributed by atoms with Crippen LogP contribution in [-0.2, 0) is 4.79 Å². The molecule has 1 aromatic heterocycles. The summed E-state index contributed by atoms with van der Waals surface area (Å²) in [5.41, 5.74) is 1.31. The first-order chi connectivity index (χ1) is 15.4. The van der Waals surface area contributed by atoms with Crippen LogP contribution in [0.15, 0.2) is 12.4 Å². The predicted octanol–water partition coefficient (Wildman–Crippen LogP) is 3.72. The van der Waals surface area contributed by atoms with Gasteiger partial charge in [-0.2, -0.15) is 0 Å². The van der Waals surface area contributed by atoms with Gasteiger partial charge in [0.15, 0.2) is 0 Å². The molecule has 4 fully saturated rings. The number of likely N-dealkylation sites (tertiary alicyclic amines) is 2. The Bertz CT molecular complexity index is 781. The zero-order valence-electron chi connectivity index (χ0n) is 20.4. The van der Waals surface area contributed by atoms with Gasteiger partial charge in [0.25, 0.3) is 0 Å². The molecule has 0 radical (unpaired) electrons. The second kappa shape index (κ2) is 9.02. The molecule has 5 rings (SSSR count). The molecule has 0 spiro atoms. The van der Waals surface area contributed by atoms with Crippen LogP contribution >= 0.6 is 0 Å². The average molecular weight is 440 g/mol. The first kappa shape index (κ1) is 22.3. The van der Waals surface area contributed by atoms with Gasteiger partial charge in [-0.3, -0.25) is 9.69 Å². The lowest BCUT2D eigenvalue weighted by Crippen LogP contribution is -2.56. The molecule has 1 aliphatic carbocycles. The minimum atomic E-state index is 0.184. The third-order valence-electron chi connectivity index (χ3n) is 8.73. The number of ketones is 1. The number of fused-ring (bicyclic) bond motifs is 2. The Kier molecular flexibility index (Phi) is 6.28. The fourth-order valence-electron chi connectivity index (χ4n) is 6.55. The lowest BCUT2D eigenvalue weighted by atomic mass is 9.73. The van der Waals surface area contributed by atoms with Crippen LogP contribution in [0.2, 0.25) is 0 Å². The van der Waals surface area contributed by atoms with Gasteiger partial charge in [0.05, 0.1) is 0 Å². The van der Waals surface area contributed by atoms with Crippen molar-refractivity contribution in [2.45, 2.75) is 96.3 Å². The summed E-state index contributed by atoms with van der Waals surface area (Å²) in [5, 5.41) is 0. The third-order valence-corrected chi connectivity index (χ3v) is 8.73. The van der Waals surface area contributed by atoms with E-state index in [0.29, 0.717) is 41.8 Å². The molecular weight excluding hydrogens is 398 g/mol. The van der Waals surface area contributed by atoms with Gasteiger partial charge in [-0.05, 0) is 76.9 Å². The lowest BCUT2D eigenvalue weighted by Gasteiger charge is -2.45. The second-order valence-corrected chi connectivity index (χ2v) is 11.3. The molecule has 0 N–H and O–H groups in total. The first-order valence-corrected chi connectivity index (χ1v) is 13.0. The maximum Gasteiger partial charge on any atom is 0.225 e. The van der Waals surface area contributed by atoms with Crippen LogP contribution in [0.3, 0.4) is 0 Å². The van der Waals surface area contributed by atoms with E-state index in [1.165, 1.54) is 31.2 Å². The molecule has 3 saturated heterocycles. The number of anilines is 1. The Hall–Kier alpha value is -1.53. The molecule has 32 heavy (non-hydrogen) atoms. The molecular formula is C26H41N5O. The molecule has 4 heterocycles. The van der Waals surface area contributed by atoms with Gasteiger partial charge in [0.1, 0.15) is 5.78 Å². The minimum Gasteiger partial charge on any atom is -0.332 e. The molecule has 6 nitrogen and oxygen atoms in total. The van der Waals surface area contributed by atoms with E-state index in [0.717, 1.165) is 45.0 Å². The smallest absolute Gasteiger partial charge is 0.225 e. The van der Waals surface area contributed by atoms with Crippen LogP contribution in [0.4, 0.5) is 5.95 Å². The summed E-state index contributed by atoms with van der Waals surface area (Å²) in [7, 11) is 0. The Morgan fingerprint density at radius 1 is 0.906 bits per heavy atom. The van der Waals surface area contributed by atoms with E-state index in [-0.39, 0.29) is 5.92 Å². The van der Waals surface area contributed by atoms with Gasteiger partial charge < -0.3 is 9.80 Å². The zero-order valence-corrected chi connectivity index (χ0v) is 20.4. The van der Waals surface area contributed by atoms with Gasteiger partial charge >= 0.3 is 0 Å². The van der Waals surface area contributed by atoms with Gasteiger partial charge in [-0.15, -0.1) is 0 Å². The van der Waals surface area contributed by atoms with Crippen LogP contribution in [0.5, 0.6) is 0 Å². The summed E-state index contributed by atoms with van der Waals surface area (Å²) >= 11 is 0. The maximum absolute atomic E-state index is 12.2. The molecule has 176 valence electrons. The Morgan fingerprint density at radius 3 is 2.03 bits per heavy atom. The molecule has 2 atom stereocenters. The van der Waals surface area contributed by atoms with Gasteiger partial charge in [-0.25, -0.2) is 9.97 Å². The second-order valence-electron chi connectivity index (χ2n) is 11.3.